The van der Waals surface area contributed by atoms with Crippen molar-refractivity contribution < 1.29 is 9.72 Å². The number of hydrogen-bond acceptors (Lipinski definition) is 4. The fourth-order valence-corrected chi connectivity index (χ4v) is 3.08. The molecule has 0 aliphatic heterocycles. The minimum atomic E-state index is -0.580. The van der Waals surface area contributed by atoms with Gasteiger partial charge in [-0.25, -0.2) is 4.98 Å². The molecule has 0 bridgehead atoms. The van der Waals surface area contributed by atoms with E-state index in [4.69, 9.17) is 11.6 Å². The number of carbonyl (C=O) groups excluding carboxylic acids is 1. The van der Waals surface area contributed by atoms with E-state index in [1.807, 2.05) is 0 Å². The van der Waals surface area contributed by atoms with Gasteiger partial charge in [0.25, 0.3) is 11.6 Å². The van der Waals surface area contributed by atoms with Gasteiger partial charge in [-0.2, -0.15) is 0 Å². The van der Waals surface area contributed by atoms with E-state index in [2.05, 4.69) is 11.9 Å². The van der Waals surface area contributed by atoms with Crippen LogP contribution in [-0.2, 0) is 0 Å². The Morgan fingerprint density at radius 1 is 1.48 bits per heavy atom. The number of carbonyl (C=O) groups is 1. The Bertz CT molecular complexity index is 564. The Morgan fingerprint density at radius 3 is 2.76 bits per heavy atom. The third-order valence-electron chi connectivity index (χ3n) is 4.15. The molecular formula is C14H18ClN3O3. The molecule has 2 atom stereocenters. The molecule has 2 unspecified atom stereocenters. The summed E-state index contributed by atoms with van der Waals surface area (Å²) in [4.78, 5) is 28.2. The van der Waals surface area contributed by atoms with Crippen molar-refractivity contribution in [1.82, 2.24) is 9.88 Å². The second kappa shape index (κ2) is 6.39. The van der Waals surface area contributed by atoms with Gasteiger partial charge in [0.2, 0.25) is 0 Å². The van der Waals surface area contributed by atoms with E-state index < -0.39 is 4.92 Å². The van der Waals surface area contributed by atoms with E-state index in [1.54, 1.807) is 11.9 Å². The van der Waals surface area contributed by atoms with Crippen molar-refractivity contribution in [3.05, 3.63) is 33.1 Å². The SMILES string of the molecule is CC1CCCCC1N(C)C(=O)c1cc([N+](=O)[O-])cnc1Cl. The zero-order chi connectivity index (χ0) is 15.6. The molecule has 21 heavy (non-hydrogen) atoms. The average Bonchev–Trinajstić information content (AvgIpc) is 2.46. The molecular weight excluding hydrogens is 294 g/mol. The monoisotopic (exact) mass is 311 g/mol. The summed E-state index contributed by atoms with van der Waals surface area (Å²) < 4.78 is 0. The lowest BCUT2D eigenvalue weighted by Gasteiger charge is -2.36. The van der Waals surface area contributed by atoms with Gasteiger partial charge in [0.1, 0.15) is 11.3 Å². The first-order chi connectivity index (χ1) is 9.91. The second-order valence-electron chi connectivity index (χ2n) is 5.53. The molecule has 0 radical (unpaired) electrons. The summed E-state index contributed by atoms with van der Waals surface area (Å²) in [5, 5.41) is 10.8. The summed E-state index contributed by atoms with van der Waals surface area (Å²) in [5.74, 6) is 0.105. The highest BCUT2D eigenvalue weighted by atomic mass is 35.5. The van der Waals surface area contributed by atoms with Gasteiger partial charge >= 0.3 is 0 Å². The number of halogens is 1. The number of amides is 1. The number of pyridine rings is 1. The van der Waals surface area contributed by atoms with Crippen LogP contribution in [0, 0.1) is 16.0 Å². The molecule has 1 fully saturated rings. The first-order valence-electron chi connectivity index (χ1n) is 6.99. The number of hydrogen-bond donors (Lipinski definition) is 0. The van der Waals surface area contributed by atoms with Crippen LogP contribution in [0.4, 0.5) is 5.69 Å². The van der Waals surface area contributed by atoms with E-state index in [1.165, 1.54) is 12.5 Å². The standard InChI is InChI=1S/C14H18ClN3O3/c1-9-5-3-4-6-12(9)17(2)14(19)11-7-10(18(20)21)8-16-13(11)15/h7-9,12H,3-6H2,1-2H3. The Balaban J connectivity index is 2.26. The third kappa shape index (κ3) is 3.32. The lowest BCUT2D eigenvalue weighted by atomic mass is 9.85. The molecule has 0 aromatic carbocycles. The molecule has 1 heterocycles. The predicted molar refractivity (Wildman–Crippen MR) is 79.4 cm³/mol. The molecule has 1 aromatic rings. The highest BCUT2D eigenvalue weighted by molar-refractivity contribution is 6.32. The summed E-state index contributed by atoms with van der Waals surface area (Å²) in [7, 11) is 1.73. The largest absolute Gasteiger partial charge is 0.338 e. The minimum Gasteiger partial charge on any atom is -0.338 e. The van der Waals surface area contributed by atoms with Crippen LogP contribution in [0.5, 0.6) is 0 Å². The lowest BCUT2D eigenvalue weighted by molar-refractivity contribution is -0.385. The van der Waals surface area contributed by atoms with Gasteiger partial charge in [0.15, 0.2) is 0 Å². The zero-order valence-electron chi connectivity index (χ0n) is 12.1. The molecule has 7 heteroatoms. The normalized spacial score (nSPS) is 21.9. The van der Waals surface area contributed by atoms with Gasteiger partial charge in [-0.1, -0.05) is 31.4 Å². The van der Waals surface area contributed by atoms with Crippen LogP contribution < -0.4 is 0 Å². The van der Waals surface area contributed by atoms with E-state index >= 15 is 0 Å². The molecule has 0 saturated heterocycles. The van der Waals surface area contributed by atoms with Gasteiger partial charge in [0.05, 0.1) is 10.5 Å². The Morgan fingerprint density at radius 2 is 2.14 bits per heavy atom. The maximum Gasteiger partial charge on any atom is 0.288 e. The van der Waals surface area contributed by atoms with Crippen LogP contribution in [-0.4, -0.2) is 33.8 Å². The first-order valence-corrected chi connectivity index (χ1v) is 7.36. The molecule has 0 spiro atoms. The van der Waals surface area contributed by atoms with Crippen LogP contribution in [0.25, 0.3) is 0 Å². The van der Waals surface area contributed by atoms with Gasteiger partial charge in [-0.3, -0.25) is 14.9 Å². The smallest absolute Gasteiger partial charge is 0.288 e. The van der Waals surface area contributed by atoms with Crippen LogP contribution >= 0.6 is 11.6 Å². The predicted octanol–water partition coefficient (Wildman–Crippen LogP) is 3.29. The van der Waals surface area contributed by atoms with Crippen molar-refractivity contribution in [2.45, 2.75) is 38.6 Å². The number of nitrogens with zero attached hydrogens (tertiary/aromatic N) is 3. The van der Waals surface area contributed by atoms with Gasteiger partial charge in [-0.05, 0) is 18.8 Å². The maximum absolute atomic E-state index is 12.6. The zero-order valence-corrected chi connectivity index (χ0v) is 12.8. The number of rotatable bonds is 3. The highest BCUT2D eigenvalue weighted by Crippen LogP contribution is 2.29. The first kappa shape index (κ1) is 15.7. The van der Waals surface area contributed by atoms with Gasteiger partial charge < -0.3 is 4.90 Å². The molecule has 1 aliphatic rings. The minimum absolute atomic E-state index is 0.000845. The third-order valence-corrected chi connectivity index (χ3v) is 4.45. The molecule has 1 aromatic heterocycles. The summed E-state index contributed by atoms with van der Waals surface area (Å²) in [6.45, 7) is 2.13. The average molecular weight is 312 g/mol. The van der Waals surface area contributed by atoms with Crippen LogP contribution in [0.1, 0.15) is 43.0 Å². The second-order valence-corrected chi connectivity index (χ2v) is 5.89. The molecule has 0 N–H and O–H groups in total. The van der Waals surface area contributed by atoms with E-state index in [0.29, 0.717) is 5.92 Å². The maximum atomic E-state index is 12.6. The number of aromatic nitrogens is 1. The van der Waals surface area contributed by atoms with Crippen LogP contribution in [0.3, 0.4) is 0 Å². The van der Waals surface area contributed by atoms with E-state index in [9.17, 15) is 14.9 Å². The molecule has 1 aliphatic carbocycles. The molecule has 1 amide bonds. The molecule has 1 saturated carbocycles. The fourth-order valence-electron chi connectivity index (χ4n) is 2.90. The van der Waals surface area contributed by atoms with Gasteiger partial charge in [0, 0.05) is 19.2 Å². The van der Waals surface area contributed by atoms with Crippen molar-refractivity contribution in [3.63, 3.8) is 0 Å². The van der Waals surface area contributed by atoms with E-state index in [0.717, 1.165) is 25.5 Å². The molecule has 114 valence electrons. The van der Waals surface area contributed by atoms with Crippen molar-refractivity contribution in [1.29, 1.82) is 0 Å². The Labute approximate surface area is 128 Å². The highest BCUT2D eigenvalue weighted by Gasteiger charge is 2.30. The van der Waals surface area contributed by atoms with Gasteiger partial charge in [-0.15, -0.1) is 0 Å². The van der Waals surface area contributed by atoms with Crippen molar-refractivity contribution in [2.75, 3.05) is 7.05 Å². The van der Waals surface area contributed by atoms with Crippen molar-refractivity contribution >= 4 is 23.2 Å². The summed E-state index contributed by atoms with van der Waals surface area (Å²) in [5.41, 5.74) is -0.140. The van der Waals surface area contributed by atoms with Crippen molar-refractivity contribution in [3.8, 4) is 0 Å². The van der Waals surface area contributed by atoms with Crippen LogP contribution in [0.15, 0.2) is 12.3 Å². The van der Waals surface area contributed by atoms with E-state index in [-0.39, 0.29) is 28.4 Å². The molecule has 2 rings (SSSR count). The Hall–Kier alpha value is -1.69. The number of nitro groups is 1. The topological polar surface area (TPSA) is 76.3 Å². The summed E-state index contributed by atoms with van der Waals surface area (Å²) in [6.07, 6.45) is 5.36. The quantitative estimate of drug-likeness (QED) is 0.487. The van der Waals surface area contributed by atoms with Crippen molar-refractivity contribution in [2.24, 2.45) is 5.92 Å². The fraction of sp³-hybridized carbons (Fsp3) is 0.571. The van der Waals surface area contributed by atoms with Crippen LogP contribution in [0.2, 0.25) is 5.15 Å². The lowest BCUT2D eigenvalue weighted by Crippen LogP contribution is -2.42. The molecule has 6 nitrogen and oxygen atoms in total. The Kier molecular flexibility index (Phi) is 4.77. The summed E-state index contributed by atoms with van der Waals surface area (Å²) in [6, 6.07) is 1.34. The summed E-state index contributed by atoms with van der Waals surface area (Å²) >= 11 is 5.93.